The van der Waals surface area contributed by atoms with Gasteiger partial charge in [0.2, 0.25) is 0 Å². The van der Waals surface area contributed by atoms with E-state index in [1.54, 1.807) is 0 Å². The SMILES string of the molecule is CC1=CC(C)=C(C)[C]1([Ti+3])[Si](c1cc(C(C)(C)C)cc(C(C)(C)C)c1)(c1cc(C(C)(C)C)cc(C(C)(C)C)c1)c1cc(C(C)(C)C)cc(C(C)(C)C)c1.[Cl-].[Cl-].[Cl-]. The third-order valence-electron chi connectivity index (χ3n) is 12.0. The average Bonchev–Trinajstić information content (AvgIpc) is 3.17. The third-order valence-corrected chi connectivity index (χ3v) is 20.4. The molecule has 0 saturated heterocycles. The fourth-order valence-electron chi connectivity index (χ4n) is 7.99. The molecule has 0 heterocycles. The molecular formula is C50H73Cl3SiTi. The van der Waals surface area contributed by atoms with Gasteiger partial charge in [-0.05, 0) is 0 Å². The van der Waals surface area contributed by atoms with E-state index in [0.717, 1.165) is 0 Å². The molecule has 0 aliphatic heterocycles. The minimum atomic E-state index is -3.07. The quantitative estimate of drug-likeness (QED) is 0.279. The van der Waals surface area contributed by atoms with Gasteiger partial charge in [0.15, 0.2) is 0 Å². The Morgan fingerprint density at radius 1 is 0.382 bits per heavy atom. The van der Waals surface area contributed by atoms with Crippen LogP contribution in [-0.2, 0) is 52.9 Å². The van der Waals surface area contributed by atoms with Crippen molar-refractivity contribution >= 4 is 23.6 Å². The van der Waals surface area contributed by atoms with Crippen molar-refractivity contribution < 1.29 is 57.7 Å². The Hall–Kier alpha value is -1.06. The van der Waals surface area contributed by atoms with Gasteiger partial charge >= 0.3 is 336 Å². The largest absolute Gasteiger partial charge is 1.00 e. The van der Waals surface area contributed by atoms with E-state index in [2.05, 4.69) is 227 Å². The summed E-state index contributed by atoms with van der Waals surface area (Å²) in [5, 5.41) is 4.60. The summed E-state index contributed by atoms with van der Waals surface area (Å²) in [6.07, 6.45) is 2.52. The standard InChI is InChI=1S/C50H73Si.3ClH.Ti/c1-32-22-33(2)44(34(32)3)51(41-26-35(45(4,5)6)23-36(27-41)46(7,8)9,42-28-37(47(10,11)12)24-38(29-42)48(13,14)15)43-30-39(49(16,17)18)25-40(31-43)50(19,20)21;;;;/h22-31H,1-21H3;3*1H;/q;;;;+3/p-3. The van der Waals surface area contributed by atoms with Crippen LogP contribution >= 0.6 is 0 Å². The van der Waals surface area contributed by atoms with Gasteiger partial charge in [-0.3, -0.25) is 0 Å². The first-order chi connectivity index (χ1) is 23.2. The molecule has 0 aromatic heterocycles. The normalized spacial score (nSPS) is 17.3. The monoisotopic (exact) mass is 854 g/mol. The average molecular weight is 856 g/mol. The number of hydrogen-bond donors (Lipinski definition) is 0. The summed E-state index contributed by atoms with van der Waals surface area (Å²) in [7, 11) is -3.07. The fraction of sp³-hybridized carbons (Fsp3) is 0.560. The third kappa shape index (κ3) is 9.88. The predicted molar refractivity (Wildman–Crippen MR) is 231 cm³/mol. The first-order valence-corrected chi connectivity index (χ1v) is 22.6. The Balaban J connectivity index is 0.00000504. The van der Waals surface area contributed by atoms with Crippen LogP contribution in [0.1, 0.15) is 179 Å². The maximum atomic E-state index is 2.67. The molecule has 302 valence electrons. The molecule has 0 bridgehead atoms. The Morgan fingerprint density at radius 3 is 0.727 bits per heavy atom. The van der Waals surface area contributed by atoms with Crippen molar-refractivity contribution in [2.45, 2.75) is 181 Å². The molecule has 1 aliphatic rings. The van der Waals surface area contributed by atoms with Crippen LogP contribution in [-0.4, -0.2) is 8.07 Å². The maximum absolute atomic E-state index is 3.07. The van der Waals surface area contributed by atoms with Crippen LogP contribution in [0.25, 0.3) is 0 Å². The smallest absolute Gasteiger partial charge is 1.00 e. The Morgan fingerprint density at radius 2 is 0.582 bits per heavy atom. The second kappa shape index (κ2) is 16.5. The van der Waals surface area contributed by atoms with Crippen LogP contribution in [0, 0.1) is 0 Å². The summed E-state index contributed by atoms with van der Waals surface area (Å²) in [6, 6.07) is 23.6. The molecule has 0 spiro atoms. The van der Waals surface area contributed by atoms with Crippen molar-refractivity contribution in [1.82, 2.24) is 0 Å². The zero-order valence-electron chi connectivity index (χ0n) is 38.4. The summed E-state index contributed by atoms with van der Waals surface area (Å²) < 4.78 is -0.208. The van der Waals surface area contributed by atoms with Gasteiger partial charge in [0.05, 0.1) is 0 Å². The summed E-state index contributed by atoms with van der Waals surface area (Å²) in [5.74, 6) is 0. The van der Waals surface area contributed by atoms with Crippen LogP contribution in [0.4, 0.5) is 0 Å². The Bertz CT molecular complexity index is 1640. The van der Waals surface area contributed by atoms with Gasteiger partial charge in [-0.15, -0.1) is 0 Å². The molecule has 0 N–H and O–H groups in total. The zero-order valence-corrected chi connectivity index (χ0v) is 43.2. The number of allylic oxidation sites excluding steroid dienone is 4. The summed E-state index contributed by atoms with van der Waals surface area (Å²) >= 11 is 2.64. The molecule has 5 heteroatoms. The first kappa shape index (κ1) is 52.0. The number of benzene rings is 3. The van der Waals surface area contributed by atoms with Crippen molar-refractivity contribution in [3.8, 4) is 0 Å². The number of hydrogen-bond acceptors (Lipinski definition) is 0. The van der Waals surface area contributed by atoms with Gasteiger partial charge in [0.25, 0.3) is 0 Å². The van der Waals surface area contributed by atoms with E-state index in [4.69, 9.17) is 0 Å². The molecule has 1 aliphatic carbocycles. The zero-order chi connectivity index (χ0) is 40.0. The van der Waals surface area contributed by atoms with Crippen molar-refractivity contribution in [2.24, 2.45) is 0 Å². The van der Waals surface area contributed by atoms with E-state index in [-0.39, 0.29) is 73.1 Å². The number of rotatable bonds is 4. The van der Waals surface area contributed by atoms with Crippen LogP contribution < -0.4 is 52.8 Å². The van der Waals surface area contributed by atoms with Crippen LogP contribution in [0.5, 0.6) is 0 Å². The molecule has 1 unspecified atom stereocenters. The predicted octanol–water partition coefficient (Wildman–Crippen LogP) is 3.49. The minimum absolute atomic E-state index is 0. The van der Waals surface area contributed by atoms with E-state index in [1.807, 2.05) is 0 Å². The Kier molecular flexibility index (Phi) is 15.6. The van der Waals surface area contributed by atoms with Gasteiger partial charge in [-0.1, -0.05) is 0 Å². The fourth-order valence-corrected chi connectivity index (χ4v) is 16.4. The summed E-state index contributed by atoms with van der Waals surface area (Å²) in [5.41, 5.74) is 13.0. The van der Waals surface area contributed by atoms with Crippen molar-refractivity contribution in [1.29, 1.82) is 0 Å². The Labute approximate surface area is 370 Å². The molecule has 55 heavy (non-hydrogen) atoms. The van der Waals surface area contributed by atoms with Crippen LogP contribution in [0.15, 0.2) is 77.4 Å². The molecular weight excluding hydrogens is 783 g/mol. The van der Waals surface area contributed by atoms with E-state index in [1.165, 1.54) is 65.7 Å². The minimum Gasteiger partial charge on any atom is -1.00 e. The second-order valence-corrected chi connectivity index (χ2v) is 28.5. The van der Waals surface area contributed by atoms with Gasteiger partial charge in [0.1, 0.15) is 0 Å². The van der Waals surface area contributed by atoms with E-state index in [0.29, 0.717) is 0 Å². The molecule has 1 atom stereocenters. The summed E-state index contributed by atoms with van der Waals surface area (Å²) in [6.45, 7) is 50.4. The van der Waals surface area contributed by atoms with Crippen molar-refractivity contribution in [3.05, 3.63) is 111 Å². The van der Waals surface area contributed by atoms with Gasteiger partial charge in [-0.2, -0.15) is 0 Å². The molecule has 0 radical (unpaired) electrons. The van der Waals surface area contributed by atoms with Crippen molar-refractivity contribution in [2.75, 3.05) is 0 Å². The van der Waals surface area contributed by atoms with E-state index in [9.17, 15) is 0 Å². The molecule has 0 saturated carbocycles. The van der Waals surface area contributed by atoms with Crippen LogP contribution in [0.3, 0.4) is 0 Å². The van der Waals surface area contributed by atoms with Gasteiger partial charge in [0, 0.05) is 0 Å². The molecule has 4 rings (SSSR count). The topological polar surface area (TPSA) is 0 Å². The van der Waals surface area contributed by atoms with E-state index >= 15 is 0 Å². The van der Waals surface area contributed by atoms with Crippen LogP contribution in [0.2, 0.25) is 3.34 Å². The number of halogens is 3. The van der Waals surface area contributed by atoms with Crippen molar-refractivity contribution in [3.63, 3.8) is 0 Å². The molecule has 0 nitrogen and oxygen atoms in total. The molecule has 3 aromatic rings. The molecule has 0 fully saturated rings. The van der Waals surface area contributed by atoms with E-state index < -0.39 is 8.07 Å². The summed E-state index contributed by atoms with van der Waals surface area (Å²) in [4.78, 5) is 0. The second-order valence-electron chi connectivity index (χ2n) is 22.5. The van der Waals surface area contributed by atoms with Gasteiger partial charge < -0.3 is 37.2 Å². The molecule has 0 amide bonds. The molecule has 3 aromatic carbocycles. The van der Waals surface area contributed by atoms with Gasteiger partial charge in [-0.25, -0.2) is 0 Å². The maximum Gasteiger partial charge on any atom is -1.00 e. The first-order valence-electron chi connectivity index (χ1n) is 19.8.